The summed E-state index contributed by atoms with van der Waals surface area (Å²) in [5.41, 5.74) is 6.76. The molecule has 3 aliphatic rings. The molecular formula is C21H29N3O3. The summed E-state index contributed by atoms with van der Waals surface area (Å²) in [4.78, 5) is 28.8. The van der Waals surface area contributed by atoms with Crippen LogP contribution in [0, 0.1) is 5.92 Å². The summed E-state index contributed by atoms with van der Waals surface area (Å²) >= 11 is 0. The SMILES string of the molecule is N[C@@H]1CC[C@H](C(=O)N2CCC3(CC2)CN(CCc2ccccc2)C(=O)O3)C1. The van der Waals surface area contributed by atoms with E-state index in [4.69, 9.17) is 10.5 Å². The van der Waals surface area contributed by atoms with Crippen molar-refractivity contribution in [3.05, 3.63) is 35.9 Å². The third-order valence-corrected chi connectivity index (χ3v) is 6.36. The van der Waals surface area contributed by atoms with Crippen LogP contribution in [0.25, 0.3) is 0 Å². The molecule has 2 aliphatic heterocycles. The summed E-state index contributed by atoms with van der Waals surface area (Å²) in [7, 11) is 0. The van der Waals surface area contributed by atoms with Gasteiger partial charge in [-0.1, -0.05) is 30.3 Å². The Morgan fingerprint density at radius 1 is 1.19 bits per heavy atom. The van der Waals surface area contributed by atoms with Gasteiger partial charge >= 0.3 is 6.09 Å². The summed E-state index contributed by atoms with van der Waals surface area (Å²) in [6, 6.07) is 10.4. The molecule has 2 amide bonds. The first-order valence-electron chi connectivity index (χ1n) is 10.1. The monoisotopic (exact) mass is 371 g/mol. The van der Waals surface area contributed by atoms with Crippen LogP contribution in [-0.4, -0.2) is 59.6 Å². The Bertz CT molecular complexity index is 685. The standard InChI is InChI=1S/C21H29N3O3/c22-18-7-6-17(14-18)19(25)23-12-9-21(10-13-23)15-24(20(26)27-21)11-8-16-4-2-1-3-5-16/h1-5,17-18H,6-15,22H2/t17-,18+/m0/s1. The number of carbonyl (C=O) groups is 2. The average Bonchev–Trinajstić information content (AvgIpc) is 3.24. The molecule has 0 unspecified atom stereocenters. The van der Waals surface area contributed by atoms with Gasteiger partial charge in [-0.25, -0.2) is 4.79 Å². The van der Waals surface area contributed by atoms with Crippen molar-refractivity contribution in [2.45, 2.75) is 50.2 Å². The molecule has 27 heavy (non-hydrogen) atoms. The lowest BCUT2D eigenvalue weighted by Crippen LogP contribution is -2.50. The number of carbonyl (C=O) groups excluding carboxylic acids is 2. The Morgan fingerprint density at radius 2 is 1.93 bits per heavy atom. The van der Waals surface area contributed by atoms with Gasteiger partial charge in [0.1, 0.15) is 5.60 Å². The van der Waals surface area contributed by atoms with Crippen LogP contribution in [0.2, 0.25) is 0 Å². The van der Waals surface area contributed by atoms with Gasteiger partial charge in [0.15, 0.2) is 0 Å². The van der Waals surface area contributed by atoms with Crippen molar-refractivity contribution in [2.24, 2.45) is 11.7 Å². The van der Waals surface area contributed by atoms with Gasteiger partial charge in [-0.05, 0) is 31.2 Å². The molecule has 0 radical (unpaired) electrons. The number of nitrogens with two attached hydrogens (primary N) is 1. The third-order valence-electron chi connectivity index (χ3n) is 6.36. The molecule has 2 N–H and O–H groups in total. The second-order valence-corrected chi connectivity index (χ2v) is 8.30. The number of benzene rings is 1. The lowest BCUT2D eigenvalue weighted by Gasteiger charge is -2.38. The van der Waals surface area contributed by atoms with Crippen LogP contribution in [0.5, 0.6) is 0 Å². The minimum Gasteiger partial charge on any atom is -0.441 e. The van der Waals surface area contributed by atoms with Crippen LogP contribution in [0.3, 0.4) is 0 Å². The molecule has 1 aromatic carbocycles. The maximum atomic E-state index is 12.7. The zero-order chi connectivity index (χ0) is 18.9. The van der Waals surface area contributed by atoms with Gasteiger partial charge in [-0.15, -0.1) is 0 Å². The molecule has 146 valence electrons. The van der Waals surface area contributed by atoms with Crippen molar-refractivity contribution in [2.75, 3.05) is 26.2 Å². The number of hydrogen-bond donors (Lipinski definition) is 1. The molecule has 1 saturated carbocycles. The molecule has 2 atom stereocenters. The van der Waals surface area contributed by atoms with E-state index < -0.39 is 5.60 Å². The fourth-order valence-corrected chi connectivity index (χ4v) is 4.67. The van der Waals surface area contributed by atoms with E-state index in [0.717, 1.165) is 38.5 Å². The Morgan fingerprint density at radius 3 is 2.59 bits per heavy atom. The van der Waals surface area contributed by atoms with Crippen LogP contribution in [0.4, 0.5) is 4.79 Å². The summed E-state index contributed by atoms with van der Waals surface area (Å²) in [5.74, 6) is 0.325. The molecule has 4 rings (SSSR count). The first-order valence-corrected chi connectivity index (χ1v) is 10.1. The molecule has 1 spiro atoms. The Hall–Kier alpha value is -2.08. The second-order valence-electron chi connectivity index (χ2n) is 8.30. The molecule has 6 heteroatoms. The van der Waals surface area contributed by atoms with Crippen molar-refractivity contribution in [3.63, 3.8) is 0 Å². The summed E-state index contributed by atoms with van der Waals surface area (Å²) in [5, 5.41) is 0. The highest BCUT2D eigenvalue weighted by Gasteiger charge is 2.47. The van der Waals surface area contributed by atoms with E-state index >= 15 is 0 Å². The number of ether oxygens (including phenoxy) is 1. The number of hydrogen-bond acceptors (Lipinski definition) is 4. The minimum absolute atomic E-state index is 0.0857. The predicted octanol–water partition coefficient (Wildman–Crippen LogP) is 2.17. The van der Waals surface area contributed by atoms with Gasteiger partial charge in [0.25, 0.3) is 0 Å². The first kappa shape index (κ1) is 18.3. The van der Waals surface area contributed by atoms with Gasteiger partial charge < -0.3 is 20.3 Å². The van der Waals surface area contributed by atoms with Crippen LogP contribution >= 0.6 is 0 Å². The number of likely N-dealkylation sites (tertiary alicyclic amines) is 1. The summed E-state index contributed by atoms with van der Waals surface area (Å²) in [6.45, 7) is 2.65. The van der Waals surface area contributed by atoms with Gasteiger partial charge in [0.2, 0.25) is 5.91 Å². The van der Waals surface area contributed by atoms with Crippen LogP contribution in [-0.2, 0) is 16.0 Å². The summed E-state index contributed by atoms with van der Waals surface area (Å²) in [6.07, 6.45) is 4.73. The highest BCUT2D eigenvalue weighted by atomic mass is 16.6. The molecule has 0 aromatic heterocycles. The molecule has 2 saturated heterocycles. The molecule has 6 nitrogen and oxygen atoms in total. The molecule has 3 fully saturated rings. The van der Waals surface area contributed by atoms with E-state index in [1.807, 2.05) is 28.0 Å². The summed E-state index contributed by atoms with van der Waals surface area (Å²) < 4.78 is 5.79. The van der Waals surface area contributed by atoms with Crippen LogP contribution in [0.1, 0.15) is 37.7 Å². The zero-order valence-electron chi connectivity index (χ0n) is 15.8. The number of rotatable bonds is 4. The predicted molar refractivity (Wildman–Crippen MR) is 102 cm³/mol. The molecule has 1 aliphatic carbocycles. The fraction of sp³-hybridized carbons (Fsp3) is 0.619. The van der Waals surface area contributed by atoms with Crippen molar-refractivity contribution < 1.29 is 14.3 Å². The van der Waals surface area contributed by atoms with Crippen molar-refractivity contribution in [1.82, 2.24) is 9.80 Å². The maximum Gasteiger partial charge on any atom is 0.410 e. The van der Waals surface area contributed by atoms with Gasteiger partial charge in [-0.3, -0.25) is 4.79 Å². The van der Waals surface area contributed by atoms with Crippen molar-refractivity contribution >= 4 is 12.0 Å². The molecule has 2 heterocycles. The topological polar surface area (TPSA) is 75.9 Å². The maximum absolute atomic E-state index is 12.7. The van der Waals surface area contributed by atoms with Crippen LogP contribution < -0.4 is 5.73 Å². The van der Waals surface area contributed by atoms with E-state index in [2.05, 4.69) is 12.1 Å². The quantitative estimate of drug-likeness (QED) is 0.880. The normalized spacial score (nSPS) is 27.2. The van der Waals surface area contributed by atoms with E-state index in [0.29, 0.717) is 26.2 Å². The van der Waals surface area contributed by atoms with Gasteiger partial charge in [0, 0.05) is 44.4 Å². The van der Waals surface area contributed by atoms with E-state index in [-0.39, 0.29) is 24.0 Å². The molecule has 0 bridgehead atoms. The first-order chi connectivity index (χ1) is 13.0. The highest BCUT2D eigenvalue weighted by molar-refractivity contribution is 5.79. The van der Waals surface area contributed by atoms with E-state index in [9.17, 15) is 9.59 Å². The molecular weight excluding hydrogens is 342 g/mol. The lowest BCUT2D eigenvalue weighted by atomic mass is 9.90. The second kappa shape index (κ2) is 7.50. The number of amides is 2. The fourth-order valence-electron chi connectivity index (χ4n) is 4.67. The largest absolute Gasteiger partial charge is 0.441 e. The zero-order valence-corrected chi connectivity index (χ0v) is 15.8. The highest BCUT2D eigenvalue weighted by Crippen LogP contribution is 2.35. The Kier molecular flexibility index (Phi) is 5.08. The van der Waals surface area contributed by atoms with Crippen molar-refractivity contribution in [3.8, 4) is 0 Å². The average molecular weight is 371 g/mol. The van der Waals surface area contributed by atoms with Gasteiger partial charge in [-0.2, -0.15) is 0 Å². The van der Waals surface area contributed by atoms with Crippen LogP contribution in [0.15, 0.2) is 30.3 Å². The van der Waals surface area contributed by atoms with E-state index in [1.54, 1.807) is 0 Å². The lowest BCUT2D eigenvalue weighted by molar-refractivity contribution is -0.138. The number of nitrogens with zero attached hydrogens (tertiary/aromatic N) is 2. The van der Waals surface area contributed by atoms with Gasteiger partial charge in [0.05, 0.1) is 6.54 Å². The molecule has 1 aromatic rings. The smallest absolute Gasteiger partial charge is 0.410 e. The third kappa shape index (κ3) is 3.95. The van der Waals surface area contributed by atoms with Crippen molar-refractivity contribution in [1.29, 1.82) is 0 Å². The van der Waals surface area contributed by atoms with E-state index in [1.165, 1.54) is 5.56 Å². The Balaban J connectivity index is 1.29. The minimum atomic E-state index is -0.420. The number of piperidine rings is 1. The Labute approximate surface area is 160 Å².